The van der Waals surface area contributed by atoms with E-state index in [-0.39, 0.29) is 0 Å². The maximum absolute atomic E-state index is 5.99. The second-order valence-electron chi connectivity index (χ2n) is 4.87. The number of benzene rings is 1. The Morgan fingerprint density at radius 1 is 1.15 bits per heavy atom. The molecule has 0 saturated carbocycles. The monoisotopic (exact) mass is 343 g/mol. The molecular weight excluding hydrogens is 318 g/mol. The van der Waals surface area contributed by atoms with Gasteiger partial charge in [-0.05, 0) is 59.4 Å². The van der Waals surface area contributed by atoms with Crippen LogP contribution >= 0.6 is 15.9 Å². The molecule has 3 nitrogen and oxygen atoms in total. The largest absolute Gasteiger partial charge is 0.490 e. The summed E-state index contributed by atoms with van der Waals surface area (Å²) in [6.45, 7) is 8.35. The first kappa shape index (κ1) is 17.3. The van der Waals surface area contributed by atoms with Gasteiger partial charge in [-0.25, -0.2) is 0 Å². The van der Waals surface area contributed by atoms with Crippen LogP contribution in [0.15, 0.2) is 16.6 Å². The standard InChI is InChI=1S/C16H26BrNO2/c1-4-12(5-2)11-20-16-14(17)9-13(7-8-18)10-15(16)19-6-3/h9-10,12H,4-8,11,18H2,1-3H3. The van der Waals surface area contributed by atoms with E-state index in [0.717, 1.165) is 47.4 Å². The van der Waals surface area contributed by atoms with Crippen LogP contribution in [0.5, 0.6) is 11.5 Å². The summed E-state index contributed by atoms with van der Waals surface area (Å²) in [5.41, 5.74) is 6.78. The average molecular weight is 344 g/mol. The van der Waals surface area contributed by atoms with Crippen LogP contribution in [-0.4, -0.2) is 19.8 Å². The van der Waals surface area contributed by atoms with Gasteiger partial charge in [-0.2, -0.15) is 0 Å². The molecule has 0 aliphatic heterocycles. The van der Waals surface area contributed by atoms with E-state index in [4.69, 9.17) is 15.2 Å². The van der Waals surface area contributed by atoms with E-state index in [1.807, 2.05) is 13.0 Å². The molecule has 0 spiro atoms. The summed E-state index contributed by atoms with van der Waals surface area (Å²) in [5, 5.41) is 0. The number of halogens is 1. The Labute approximate surface area is 131 Å². The van der Waals surface area contributed by atoms with Crippen molar-refractivity contribution in [1.29, 1.82) is 0 Å². The number of nitrogens with two attached hydrogens (primary N) is 1. The number of ether oxygens (including phenoxy) is 2. The number of hydrogen-bond donors (Lipinski definition) is 1. The van der Waals surface area contributed by atoms with Gasteiger partial charge < -0.3 is 15.2 Å². The second-order valence-corrected chi connectivity index (χ2v) is 5.72. The van der Waals surface area contributed by atoms with Crippen LogP contribution in [0.3, 0.4) is 0 Å². The van der Waals surface area contributed by atoms with Gasteiger partial charge in [-0.15, -0.1) is 0 Å². The zero-order chi connectivity index (χ0) is 15.0. The first-order chi connectivity index (χ1) is 9.65. The fourth-order valence-corrected chi connectivity index (χ4v) is 2.66. The zero-order valence-electron chi connectivity index (χ0n) is 12.7. The number of hydrogen-bond acceptors (Lipinski definition) is 3. The van der Waals surface area contributed by atoms with Gasteiger partial charge in [0, 0.05) is 0 Å². The molecule has 0 radical (unpaired) electrons. The maximum atomic E-state index is 5.99. The SMILES string of the molecule is CCOc1cc(CCN)cc(Br)c1OCC(CC)CC. The molecule has 20 heavy (non-hydrogen) atoms. The van der Waals surface area contributed by atoms with E-state index in [2.05, 4.69) is 35.8 Å². The predicted octanol–water partition coefficient (Wildman–Crippen LogP) is 4.16. The highest BCUT2D eigenvalue weighted by atomic mass is 79.9. The summed E-state index contributed by atoms with van der Waals surface area (Å²) in [6, 6.07) is 4.10. The van der Waals surface area contributed by atoms with Crippen LogP contribution in [0.4, 0.5) is 0 Å². The van der Waals surface area contributed by atoms with Crippen molar-refractivity contribution in [2.45, 2.75) is 40.0 Å². The summed E-state index contributed by atoms with van der Waals surface area (Å²) in [6.07, 6.45) is 3.10. The summed E-state index contributed by atoms with van der Waals surface area (Å²) in [4.78, 5) is 0. The summed E-state index contributed by atoms with van der Waals surface area (Å²) in [7, 11) is 0. The van der Waals surface area contributed by atoms with Crippen molar-refractivity contribution in [3.8, 4) is 11.5 Å². The minimum Gasteiger partial charge on any atom is -0.490 e. The van der Waals surface area contributed by atoms with Gasteiger partial charge in [0.05, 0.1) is 17.7 Å². The Balaban J connectivity index is 2.91. The minimum atomic E-state index is 0.583. The lowest BCUT2D eigenvalue weighted by Crippen LogP contribution is -2.11. The Morgan fingerprint density at radius 2 is 1.85 bits per heavy atom. The molecule has 0 atom stereocenters. The third kappa shape index (κ3) is 4.98. The first-order valence-electron chi connectivity index (χ1n) is 7.44. The third-order valence-electron chi connectivity index (χ3n) is 3.42. The molecule has 2 N–H and O–H groups in total. The number of rotatable bonds is 9. The van der Waals surface area contributed by atoms with Crippen LogP contribution in [0, 0.1) is 5.92 Å². The van der Waals surface area contributed by atoms with Crippen molar-refractivity contribution in [2.24, 2.45) is 11.7 Å². The molecule has 0 aliphatic rings. The van der Waals surface area contributed by atoms with Crippen molar-refractivity contribution >= 4 is 15.9 Å². The van der Waals surface area contributed by atoms with Gasteiger partial charge in [0.2, 0.25) is 0 Å². The fraction of sp³-hybridized carbons (Fsp3) is 0.625. The van der Waals surface area contributed by atoms with Crippen molar-refractivity contribution < 1.29 is 9.47 Å². The Hall–Kier alpha value is -0.740. The van der Waals surface area contributed by atoms with E-state index in [0.29, 0.717) is 19.1 Å². The molecule has 0 bridgehead atoms. The molecule has 0 unspecified atom stereocenters. The summed E-state index contributed by atoms with van der Waals surface area (Å²) >= 11 is 3.59. The van der Waals surface area contributed by atoms with Crippen LogP contribution in [-0.2, 0) is 6.42 Å². The van der Waals surface area contributed by atoms with E-state index in [9.17, 15) is 0 Å². The average Bonchev–Trinajstić information content (AvgIpc) is 2.43. The molecule has 0 aromatic heterocycles. The van der Waals surface area contributed by atoms with Crippen LogP contribution in [0.2, 0.25) is 0 Å². The summed E-state index contributed by atoms with van der Waals surface area (Å²) < 4.78 is 12.6. The molecule has 0 aliphatic carbocycles. The fourth-order valence-electron chi connectivity index (χ4n) is 2.06. The molecule has 1 aromatic carbocycles. The van der Waals surface area contributed by atoms with Gasteiger partial charge in [0.25, 0.3) is 0 Å². The van der Waals surface area contributed by atoms with E-state index >= 15 is 0 Å². The van der Waals surface area contributed by atoms with Crippen LogP contribution < -0.4 is 15.2 Å². The lowest BCUT2D eigenvalue weighted by Gasteiger charge is -2.18. The maximum Gasteiger partial charge on any atom is 0.175 e. The molecular formula is C16H26BrNO2. The van der Waals surface area contributed by atoms with Crippen molar-refractivity contribution in [1.82, 2.24) is 0 Å². The molecule has 1 rings (SSSR count). The Bertz CT molecular complexity index is 406. The highest BCUT2D eigenvalue weighted by molar-refractivity contribution is 9.10. The molecule has 4 heteroatoms. The first-order valence-corrected chi connectivity index (χ1v) is 8.23. The second kappa shape index (κ2) is 9.24. The van der Waals surface area contributed by atoms with E-state index in [1.165, 1.54) is 0 Å². The van der Waals surface area contributed by atoms with Gasteiger partial charge >= 0.3 is 0 Å². The lowest BCUT2D eigenvalue weighted by atomic mass is 10.1. The van der Waals surface area contributed by atoms with E-state index in [1.54, 1.807) is 0 Å². The minimum absolute atomic E-state index is 0.583. The van der Waals surface area contributed by atoms with Gasteiger partial charge in [0.1, 0.15) is 0 Å². The van der Waals surface area contributed by atoms with Crippen LogP contribution in [0.25, 0.3) is 0 Å². The molecule has 0 heterocycles. The van der Waals surface area contributed by atoms with E-state index < -0.39 is 0 Å². The normalized spacial score (nSPS) is 10.9. The van der Waals surface area contributed by atoms with Crippen molar-refractivity contribution in [2.75, 3.05) is 19.8 Å². The molecule has 0 fully saturated rings. The predicted molar refractivity (Wildman–Crippen MR) is 87.6 cm³/mol. The Kier molecular flexibility index (Phi) is 8.00. The highest BCUT2D eigenvalue weighted by Gasteiger charge is 2.14. The molecule has 0 amide bonds. The van der Waals surface area contributed by atoms with Crippen LogP contribution in [0.1, 0.15) is 39.2 Å². The van der Waals surface area contributed by atoms with Gasteiger partial charge in [-0.3, -0.25) is 0 Å². The zero-order valence-corrected chi connectivity index (χ0v) is 14.3. The third-order valence-corrected chi connectivity index (χ3v) is 4.01. The highest BCUT2D eigenvalue weighted by Crippen LogP contribution is 2.37. The summed E-state index contributed by atoms with van der Waals surface area (Å²) in [5.74, 6) is 2.19. The lowest BCUT2D eigenvalue weighted by molar-refractivity contribution is 0.224. The van der Waals surface area contributed by atoms with Gasteiger partial charge in [-0.1, -0.05) is 26.7 Å². The molecule has 1 aromatic rings. The Morgan fingerprint density at radius 3 is 2.40 bits per heavy atom. The molecule has 0 saturated heterocycles. The topological polar surface area (TPSA) is 44.5 Å². The molecule has 114 valence electrons. The van der Waals surface area contributed by atoms with Crippen molar-refractivity contribution in [3.05, 3.63) is 22.2 Å². The quantitative estimate of drug-likeness (QED) is 0.731. The van der Waals surface area contributed by atoms with Gasteiger partial charge in [0.15, 0.2) is 11.5 Å². The van der Waals surface area contributed by atoms with Crippen molar-refractivity contribution in [3.63, 3.8) is 0 Å². The smallest absolute Gasteiger partial charge is 0.175 e.